The van der Waals surface area contributed by atoms with Crippen molar-refractivity contribution in [3.63, 3.8) is 0 Å². The van der Waals surface area contributed by atoms with E-state index in [4.69, 9.17) is 44.9 Å². The van der Waals surface area contributed by atoms with Crippen molar-refractivity contribution >= 4 is 63.0 Å². The number of rotatable bonds is 17. The van der Waals surface area contributed by atoms with Crippen molar-refractivity contribution in [1.82, 2.24) is 44.9 Å². The minimum atomic E-state index is 0.563. The van der Waals surface area contributed by atoms with Gasteiger partial charge in [0, 0.05) is 118 Å². The summed E-state index contributed by atoms with van der Waals surface area (Å²) in [4.78, 5) is 47.3. The number of hydrogen-bond donors (Lipinski definition) is 0. The van der Waals surface area contributed by atoms with Gasteiger partial charge in [0.2, 0.25) is 0 Å². The summed E-state index contributed by atoms with van der Waals surface area (Å²) in [5.74, 6) is 3.68. The zero-order valence-corrected chi connectivity index (χ0v) is 67.3. The molecule has 122 heavy (non-hydrogen) atoms. The van der Waals surface area contributed by atoms with Crippen molar-refractivity contribution in [3.8, 4) is 192 Å². The normalized spacial score (nSPS) is 11.4. The van der Waals surface area contributed by atoms with Crippen LogP contribution in [0, 0.1) is 0 Å². The standard InChI is InChI=1S/C111H69N9S2/c1-7-27-72(28-8-1)96-67-97(73-29-9-2-10-30-73)115-110(114-96)87-46-26-42-83(62-87)93-64-89(66-95-91-48-20-22-50-103(91)122-105(93)95)81-40-24-45-86(60-81)111-119-107(78-37-17-6-18-38-78)118-108(120-111)79-57-53-70(54-58-79)80-39-23-44-85(59-80)109-113-98(74-31-11-3-12-32-74)68-100(116-109)76-55-51-71(52-56-76)88-63-92(104-94(65-88)90-47-19-21-49-102(90)121-104)82-41-25-43-84(61-82)101-69-99(75-33-13-4-14-34-75)112-106(117-101)77-35-15-5-16-36-77/h1-69H. The lowest BCUT2D eigenvalue weighted by Gasteiger charge is -2.13. The molecule has 0 radical (unpaired) electrons. The fraction of sp³-hybridized carbons (Fsp3) is 0. The summed E-state index contributed by atoms with van der Waals surface area (Å²) >= 11 is 3.66. The summed E-state index contributed by atoms with van der Waals surface area (Å²) in [6, 6.07) is 147. The summed E-state index contributed by atoms with van der Waals surface area (Å²) in [6.45, 7) is 0. The fourth-order valence-corrected chi connectivity index (χ4v) is 18.8. The van der Waals surface area contributed by atoms with Gasteiger partial charge in [-0.15, -0.1) is 22.7 Å². The maximum absolute atomic E-state index is 5.40. The molecule has 0 aliphatic rings. The Hall–Kier alpha value is -15.8. The topological polar surface area (TPSA) is 116 Å². The van der Waals surface area contributed by atoms with Gasteiger partial charge in [0.05, 0.1) is 34.2 Å². The molecule has 6 aromatic heterocycles. The minimum Gasteiger partial charge on any atom is -0.228 e. The molecular weight excluding hydrogens is 1520 g/mol. The summed E-state index contributed by atoms with van der Waals surface area (Å²) in [7, 11) is 0. The van der Waals surface area contributed by atoms with Gasteiger partial charge >= 0.3 is 0 Å². The molecule has 22 aromatic rings. The van der Waals surface area contributed by atoms with Gasteiger partial charge in [0.1, 0.15) is 0 Å². The molecule has 0 aliphatic carbocycles. The highest BCUT2D eigenvalue weighted by molar-refractivity contribution is 7.26. The predicted octanol–water partition coefficient (Wildman–Crippen LogP) is 29.3. The van der Waals surface area contributed by atoms with Crippen molar-refractivity contribution in [2.45, 2.75) is 0 Å². The van der Waals surface area contributed by atoms with Crippen LogP contribution < -0.4 is 0 Å². The van der Waals surface area contributed by atoms with Crippen LogP contribution in [0.2, 0.25) is 0 Å². The van der Waals surface area contributed by atoms with Gasteiger partial charge in [-0.1, -0.05) is 340 Å². The highest BCUT2D eigenvalue weighted by Crippen LogP contribution is 2.47. The van der Waals surface area contributed by atoms with Gasteiger partial charge in [0.15, 0.2) is 34.9 Å². The monoisotopic (exact) mass is 1590 g/mol. The summed E-state index contributed by atoms with van der Waals surface area (Å²) in [5.41, 5.74) is 27.4. The number of thiophene rings is 2. The molecule has 0 saturated carbocycles. The molecule has 0 saturated heterocycles. The van der Waals surface area contributed by atoms with E-state index in [-0.39, 0.29) is 0 Å². The molecule has 16 aromatic carbocycles. The number of fused-ring (bicyclic) bond motifs is 6. The second-order valence-electron chi connectivity index (χ2n) is 30.4. The Labute approximate surface area is 712 Å². The minimum absolute atomic E-state index is 0.563. The quantitative estimate of drug-likeness (QED) is 0.0879. The third-order valence-electron chi connectivity index (χ3n) is 22.6. The molecule has 0 unspecified atom stereocenters. The lowest BCUT2D eigenvalue weighted by Crippen LogP contribution is -2.00. The van der Waals surface area contributed by atoms with E-state index in [0.29, 0.717) is 34.9 Å². The van der Waals surface area contributed by atoms with Crippen molar-refractivity contribution in [3.05, 3.63) is 419 Å². The van der Waals surface area contributed by atoms with Crippen LogP contribution in [0.4, 0.5) is 0 Å². The van der Waals surface area contributed by atoms with Gasteiger partial charge in [-0.2, -0.15) is 0 Å². The Morgan fingerprint density at radius 2 is 0.369 bits per heavy atom. The molecule has 570 valence electrons. The van der Waals surface area contributed by atoms with Gasteiger partial charge in [0.25, 0.3) is 0 Å². The molecule has 6 heterocycles. The highest BCUT2D eigenvalue weighted by Gasteiger charge is 2.23. The van der Waals surface area contributed by atoms with Crippen LogP contribution >= 0.6 is 22.7 Å². The van der Waals surface area contributed by atoms with E-state index < -0.39 is 0 Å². The molecule has 22 rings (SSSR count). The number of hydrogen-bond acceptors (Lipinski definition) is 11. The van der Waals surface area contributed by atoms with Crippen LogP contribution in [0.1, 0.15) is 0 Å². The number of aromatic nitrogens is 9. The van der Waals surface area contributed by atoms with E-state index in [9.17, 15) is 0 Å². The lowest BCUT2D eigenvalue weighted by atomic mass is 9.94. The third kappa shape index (κ3) is 14.3. The van der Waals surface area contributed by atoms with Gasteiger partial charge in [-0.3, -0.25) is 0 Å². The molecule has 0 spiro atoms. The van der Waals surface area contributed by atoms with E-state index in [2.05, 4.69) is 358 Å². The smallest absolute Gasteiger partial charge is 0.164 e. The summed E-state index contributed by atoms with van der Waals surface area (Å²) < 4.78 is 4.91. The maximum atomic E-state index is 5.40. The third-order valence-corrected chi connectivity index (χ3v) is 25.0. The Bertz CT molecular complexity index is 7600. The Morgan fingerprint density at radius 1 is 0.131 bits per heavy atom. The van der Waals surface area contributed by atoms with Crippen LogP contribution in [0.5, 0.6) is 0 Å². The molecular formula is C111H69N9S2. The second-order valence-corrected chi connectivity index (χ2v) is 32.5. The Balaban J connectivity index is 0.577. The predicted molar refractivity (Wildman–Crippen MR) is 505 cm³/mol. The zero-order valence-electron chi connectivity index (χ0n) is 65.7. The van der Waals surface area contributed by atoms with E-state index in [1.54, 1.807) is 0 Å². The Morgan fingerprint density at radius 3 is 0.770 bits per heavy atom. The average Bonchev–Trinajstić information content (AvgIpc) is 1.56. The average molecular weight is 1590 g/mol. The number of nitrogens with zero attached hydrogens (tertiary/aromatic N) is 9. The first kappa shape index (κ1) is 72.7. The molecule has 9 nitrogen and oxygen atoms in total. The largest absolute Gasteiger partial charge is 0.228 e. The lowest BCUT2D eigenvalue weighted by molar-refractivity contribution is 1.07. The highest BCUT2D eigenvalue weighted by atomic mass is 32.1. The van der Waals surface area contributed by atoms with Crippen molar-refractivity contribution in [2.24, 2.45) is 0 Å². The summed E-state index contributed by atoms with van der Waals surface area (Å²) in [5, 5.41) is 4.85. The number of benzene rings is 16. The van der Waals surface area contributed by atoms with Gasteiger partial charge < -0.3 is 0 Å². The van der Waals surface area contributed by atoms with Crippen molar-refractivity contribution in [1.29, 1.82) is 0 Å². The fourth-order valence-electron chi connectivity index (χ4n) is 16.4. The maximum Gasteiger partial charge on any atom is 0.164 e. The van der Waals surface area contributed by atoms with E-state index in [1.807, 2.05) is 83.3 Å². The molecule has 0 atom stereocenters. The van der Waals surface area contributed by atoms with Gasteiger partial charge in [-0.05, 0) is 123 Å². The van der Waals surface area contributed by atoms with Crippen LogP contribution in [0.15, 0.2) is 419 Å². The van der Waals surface area contributed by atoms with Crippen LogP contribution in [0.3, 0.4) is 0 Å². The van der Waals surface area contributed by atoms with Crippen molar-refractivity contribution < 1.29 is 0 Å². The Kier molecular flexibility index (Phi) is 18.8. The molecule has 0 aliphatic heterocycles. The zero-order chi connectivity index (χ0) is 80.8. The van der Waals surface area contributed by atoms with Gasteiger partial charge in [-0.25, -0.2) is 44.9 Å². The first-order chi connectivity index (χ1) is 60.4. The van der Waals surface area contributed by atoms with E-state index >= 15 is 0 Å². The molecule has 0 N–H and O–H groups in total. The molecule has 0 fully saturated rings. The first-order valence-corrected chi connectivity index (χ1v) is 42.3. The van der Waals surface area contributed by atoms with Crippen LogP contribution in [-0.2, 0) is 0 Å². The van der Waals surface area contributed by atoms with E-state index in [0.717, 1.165) is 157 Å². The second kappa shape index (κ2) is 31.6. The SMILES string of the molecule is c1ccc(-c2cc(-c3cccc(-c4cc(-c5ccc(-c6cc(-c7ccccc7)nc(-c7cccc(-c8ccc(-c9nc(-c%10ccccc%10)nc(-c%10cccc(-c%11cc(-c%12cccc(-c%13nc(-c%14ccccc%14)cc(-c%14ccccc%14)n%13)c%12)c%12sc%13ccccc%13c%12c%11)c%10)n9)cc8)c7)n6)cc5)cc5c4sc4ccccc45)c3)nc(-c3ccccc3)n2)cc1. The van der Waals surface area contributed by atoms with Crippen molar-refractivity contribution in [2.75, 3.05) is 0 Å². The van der Waals surface area contributed by atoms with Crippen LogP contribution in [0.25, 0.3) is 232 Å². The molecule has 0 amide bonds. The molecule has 11 heteroatoms. The summed E-state index contributed by atoms with van der Waals surface area (Å²) in [6.07, 6.45) is 0. The molecule has 0 bridgehead atoms. The first-order valence-electron chi connectivity index (χ1n) is 40.7. The van der Waals surface area contributed by atoms with Crippen LogP contribution in [-0.4, -0.2) is 44.9 Å². The van der Waals surface area contributed by atoms with E-state index in [1.165, 1.54) is 40.3 Å².